The molecule has 1 unspecified atom stereocenters. The van der Waals surface area contributed by atoms with Crippen LogP contribution in [0.5, 0.6) is 0 Å². The predicted molar refractivity (Wildman–Crippen MR) is 70.9 cm³/mol. The van der Waals surface area contributed by atoms with Crippen molar-refractivity contribution < 1.29 is 0 Å². The van der Waals surface area contributed by atoms with Gasteiger partial charge < -0.3 is 10.2 Å². The highest BCUT2D eigenvalue weighted by molar-refractivity contribution is 5.16. The van der Waals surface area contributed by atoms with E-state index in [0.717, 1.165) is 19.0 Å². The molecule has 2 rings (SSSR count). The SMILES string of the molecule is CCN1CCC(CNCc2cncc(C)c2)C1. The first kappa shape index (κ1) is 12.5. The zero-order valence-corrected chi connectivity index (χ0v) is 10.9. The van der Waals surface area contributed by atoms with Gasteiger partial charge in [0.25, 0.3) is 0 Å². The van der Waals surface area contributed by atoms with Gasteiger partial charge in [-0.25, -0.2) is 0 Å². The maximum absolute atomic E-state index is 4.21. The summed E-state index contributed by atoms with van der Waals surface area (Å²) in [7, 11) is 0. The molecule has 0 amide bonds. The molecule has 0 spiro atoms. The van der Waals surface area contributed by atoms with Crippen molar-refractivity contribution in [3.63, 3.8) is 0 Å². The van der Waals surface area contributed by atoms with Crippen molar-refractivity contribution in [1.29, 1.82) is 0 Å². The van der Waals surface area contributed by atoms with Gasteiger partial charge in [-0.05, 0) is 50.0 Å². The molecule has 1 fully saturated rings. The minimum Gasteiger partial charge on any atom is -0.312 e. The van der Waals surface area contributed by atoms with Gasteiger partial charge in [-0.3, -0.25) is 4.98 Å². The highest BCUT2D eigenvalue weighted by atomic mass is 15.1. The molecule has 2 heterocycles. The van der Waals surface area contributed by atoms with Crippen molar-refractivity contribution in [2.45, 2.75) is 26.8 Å². The maximum Gasteiger partial charge on any atom is 0.0313 e. The molecule has 0 aromatic carbocycles. The number of pyridine rings is 1. The van der Waals surface area contributed by atoms with E-state index >= 15 is 0 Å². The summed E-state index contributed by atoms with van der Waals surface area (Å²) in [5.74, 6) is 0.827. The van der Waals surface area contributed by atoms with Crippen LogP contribution in [0.2, 0.25) is 0 Å². The highest BCUT2D eigenvalue weighted by Crippen LogP contribution is 2.14. The molecule has 94 valence electrons. The zero-order valence-electron chi connectivity index (χ0n) is 10.9. The molecule has 0 aliphatic carbocycles. The smallest absolute Gasteiger partial charge is 0.0313 e. The van der Waals surface area contributed by atoms with Crippen LogP contribution in [0.4, 0.5) is 0 Å². The second kappa shape index (κ2) is 6.12. The van der Waals surface area contributed by atoms with Crippen molar-refractivity contribution in [1.82, 2.24) is 15.2 Å². The first-order valence-electron chi connectivity index (χ1n) is 6.61. The topological polar surface area (TPSA) is 28.2 Å². The molecule has 0 bridgehead atoms. The third kappa shape index (κ3) is 3.79. The van der Waals surface area contributed by atoms with E-state index in [1.54, 1.807) is 0 Å². The number of aryl methyl sites for hydroxylation is 1. The lowest BCUT2D eigenvalue weighted by atomic mass is 10.1. The van der Waals surface area contributed by atoms with E-state index < -0.39 is 0 Å². The number of nitrogens with one attached hydrogen (secondary N) is 1. The molecule has 3 heteroatoms. The molecule has 1 aliphatic heterocycles. The molecule has 1 aromatic rings. The van der Waals surface area contributed by atoms with Crippen LogP contribution in [-0.4, -0.2) is 36.1 Å². The van der Waals surface area contributed by atoms with Gasteiger partial charge in [-0.15, -0.1) is 0 Å². The summed E-state index contributed by atoms with van der Waals surface area (Å²) in [5, 5.41) is 3.55. The predicted octanol–water partition coefficient (Wildman–Crippen LogP) is 1.82. The van der Waals surface area contributed by atoms with E-state index in [1.807, 2.05) is 12.4 Å². The van der Waals surface area contributed by atoms with Gasteiger partial charge in [-0.1, -0.05) is 13.0 Å². The Morgan fingerprint density at radius 2 is 2.35 bits per heavy atom. The normalized spacial score (nSPS) is 20.9. The fourth-order valence-electron chi connectivity index (χ4n) is 2.50. The van der Waals surface area contributed by atoms with Crippen LogP contribution in [0, 0.1) is 12.8 Å². The molecule has 1 N–H and O–H groups in total. The first-order valence-corrected chi connectivity index (χ1v) is 6.61. The molecule has 17 heavy (non-hydrogen) atoms. The Morgan fingerprint density at radius 3 is 3.06 bits per heavy atom. The summed E-state index contributed by atoms with van der Waals surface area (Å²) in [5.41, 5.74) is 2.53. The Morgan fingerprint density at radius 1 is 1.47 bits per heavy atom. The number of aromatic nitrogens is 1. The molecule has 0 saturated carbocycles. The van der Waals surface area contributed by atoms with Crippen LogP contribution in [0.3, 0.4) is 0 Å². The lowest BCUT2D eigenvalue weighted by molar-refractivity contribution is 0.339. The summed E-state index contributed by atoms with van der Waals surface area (Å²) < 4.78 is 0. The lowest BCUT2D eigenvalue weighted by Crippen LogP contribution is -2.26. The minimum atomic E-state index is 0.827. The molecule has 0 radical (unpaired) electrons. The molecule has 3 nitrogen and oxygen atoms in total. The van der Waals surface area contributed by atoms with Crippen molar-refractivity contribution in [3.8, 4) is 0 Å². The highest BCUT2D eigenvalue weighted by Gasteiger charge is 2.20. The van der Waals surface area contributed by atoms with Crippen molar-refractivity contribution in [3.05, 3.63) is 29.6 Å². The molecule has 1 aliphatic rings. The number of hydrogen-bond acceptors (Lipinski definition) is 3. The van der Waals surface area contributed by atoms with Crippen LogP contribution in [0.1, 0.15) is 24.5 Å². The quantitative estimate of drug-likeness (QED) is 0.841. The van der Waals surface area contributed by atoms with Gasteiger partial charge in [-0.2, -0.15) is 0 Å². The van der Waals surface area contributed by atoms with E-state index in [-0.39, 0.29) is 0 Å². The molecular formula is C14H23N3. The Labute approximate surface area is 104 Å². The third-order valence-corrected chi connectivity index (χ3v) is 3.51. The van der Waals surface area contributed by atoms with E-state index in [2.05, 4.69) is 35.1 Å². The van der Waals surface area contributed by atoms with Gasteiger partial charge in [0, 0.05) is 25.5 Å². The molecule has 1 atom stereocenters. The summed E-state index contributed by atoms with van der Waals surface area (Å²) in [4.78, 5) is 6.74. The Balaban J connectivity index is 1.70. The third-order valence-electron chi connectivity index (χ3n) is 3.51. The first-order chi connectivity index (χ1) is 8.28. The van der Waals surface area contributed by atoms with Gasteiger partial charge in [0.1, 0.15) is 0 Å². The van der Waals surface area contributed by atoms with Crippen LogP contribution >= 0.6 is 0 Å². The summed E-state index contributed by atoms with van der Waals surface area (Å²) in [6, 6.07) is 2.20. The van der Waals surface area contributed by atoms with Crippen molar-refractivity contribution in [2.24, 2.45) is 5.92 Å². The van der Waals surface area contributed by atoms with Crippen LogP contribution in [-0.2, 0) is 6.54 Å². The molecule has 1 aromatic heterocycles. The van der Waals surface area contributed by atoms with Gasteiger partial charge in [0.2, 0.25) is 0 Å². The van der Waals surface area contributed by atoms with E-state index in [0.29, 0.717) is 0 Å². The number of hydrogen-bond donors (Lipinski definition) is 1. The number of likely N-dealkylation sites (tertiary alicyclic amines) is 1. The van der Waals surface area contributed by atoms with Crippen LogP contribution in [0.15, 0.2) is 18.5 Å². The van der Waals surface area contributed by atoms with Gasteiger partial charge in [0.05, 0.1) is 0 Å². The second-order valence-corrected chi connectivity index (χ2v) is 5.05. The van der Waals surface area contributed by atoms with Crippen LogP contribution < -0.4 is 5.32 Å². The van der Waals surface area contributed by atoms with Gasteiger partial charge >= 0.3 is 0 Å². The van der Waals surface area contributed by atoms with Crippen LogP contribution in [0.25, 0.3) is 0 Å². The second-order valence-electron chi connectivity index (χ2n) is 5.05. The van der Waals surface area contributed by atoms with E-state index in [1.165, 1.54) is 37.2 Å². The molecular weight excluding hydrogens is 210 g/mol. The summed E-state index contributed by atoms with van der Waals surface area (Å²) in [6.45, 7) is 10.1. The van der Waals surface area contributed by atoms with E-state index in [9.17, 15) is 0 Å². The summed E-state index contributed by atoms with van der Waals surface area (Å²) >= 11 is 0. The fourth-order valence-corrected chi connectivity index (χ4v) is 2.50. The number of rotatable bonds is 5. The average molecular weight is 233 g/mol. The maximum atomic E-state index is 4.21. The van der Waals surface area contributed by atoms with E-state index in [4.69, 9.17) is 0 Å². The monoisotopic (exact) mass is 233 g/mol. The van der Waals surface area contributed by atoms with Crippen molar-refractivity contribution in [2.75, 3.05) is 26.2 Å². The Hall–Kier alpha value is -0.930. The fraction of sp³-hybridized carbons (Fsp3) is 0.643. The number of nitrogens with zero attached hydrogens (tertiary/aromatic N) is 2. The Bertz CT molecular complexity index is 351. The summed E-state index contributed by atoms with van der Waals surface area (Å²) in [6.07, 6.45) is 5.19. The lowest BCUT2D eigenvalue weighted by Gasteiger charge is -2.13. The van der Waals surface area contributed by atoms with Crippen molar-refractivity contribution >= 4 is 0 Å². The molecule has 1 saturated heterocycles. The largest absolute Gasteiger partial charge is 0.312 e. The average Bonchev–Trinajstić information content (AvgIpc) is 2.77. The zero-order chi connectivity index (χ0) is 12.1. The van der Waals surface area contributed by atoms with Gasteiger partial charge in [0.15, 0.2) is 0 Å². The minimum absolute atomic E-state index is 0.827. The standard InChI is InChI=1S/C14H23N3/c1-3-17-5-4-13(11-17)8-16-10-14-6-12(2)7-15-9-14/h6-7,9,13,16H,3-5,8,10-11H2,1-2H3. The Kier molecular flexibility index (Phi) is 4.51.